The van der Waals surface area contributed by atoms with Crippen molar-refractivity contribution in [2.75, 3.05) is 24.4 Å². The first-order valence-corrected chi connectivity index (χ1v) is 6.54. The molecule has 1 unspecified atom stereocenters. The highest BCUT2D eigenvalue weighted by molar-refractivity contribution is 6.06. The second-order valence-electron chi connectivity index (χ2n) is 4.53. The fraction of sp³-hybridized carbons (Fsp3) is 0.500. The van der Waals surface area contributed by atoms with Gasteiger partial charge in [0.25, 0.3) is 5.91 Å². The third-order valence-corrected chi connectivity index (χ3v) is 3.06. The van der Waals surface area contributed by atoms with Crippen molar-refractivity contribution in [1.29, 1.82) is 0 Å². The fourth-order valence-electron chi connectivity index (χ4n) is 1.95. The molecule has 1 fully saturated rings. The number of nitrogens with zero attached hydrogens (tertiary/aromatic N) is 3. The lowest BCUT2D eigenvalue weighted by Crippen LogP contribution is -2.32. The van der Waals surface area contributed by atoms with Crippen LogP contribution in [0.4, 0.5) is 11.6 Å². The number of hydrogen-bond acceptors (Lipinski definition) is 8. The van der Waals surface area contributed by atoms with Crippen molar-refractivity contribution in [1.82, 2.24) is 14.9 Å². The number of anilines is 2. The van der Waals surface area contributed by atoms with E-state index in [0.717, 1.165) is 4.90 Å². The molecule has 21 heavy (non-hydrogen) atoms. The number of ether oxygens (including phenoxy) is 1. The van der Waals surface area contributed by atoms with Crippen LogP contribution in [0.3, 0.4) is 0 Å². The average molecular weight is 294 g/mol. The van der Waals surface area contributed by atoms with Crippen LogP contribution in [0.25, 0.3) is 0 Å². The molecule has 2 rings (SSSR count). The van der Waals surface area contributed by atoms with Gasteiger partial charge >= 0.3 is 0 Å². The number of carbonyl (C=O) groups is 2. The Bertz CT molecular complexity index is 550. The van der Waals surface area contributed by atoms with Crippen LogP contribution in [0.2, 0.25) is 0 Å². The molecule has 114 valence electrons. The van der Waals surface area contributed by atoms with Gasteiger partial charge in [0.1, 0.15) is 24.3 Å². The molecule has 1 aromatic heterocycles. The number of likely N-dealkylation sites (N-methyl/N-ethyl adjacent to an activating group) is 1. The van der Waals surface area contributed by atoms with E-state index in [9.17, 15) is 9.59 Å². The molecule has 1 aliphatic heterocycles. The number of hydrazine groups is 1. The van der Waals surface area contributed by atoms with Gasteiger partial charge in [0, 0.05) is 19.7 Å². The first-order valence-electron chi connectivity index (χ1n) is 6.54. The second-order valence-corrected chi connectivity index (χ2v) is 4.53. The van der Waals surface area contributed by atoms with Crippen LogP contribution in [-0.2, 0) is 20.9 Å². The molecule has 2 heterocycles. The fourth-order valence-corrected chi connectivity index (χ4v) is 1.95. The number of imide groups is 1. The lowest BCUT2D eigenvalue weighted by molar-refractivity contribution is -0.136. The molecule has 1 aliphatic rings. The van der Waals surface area contributed by atoms with Crippen molar-refractivity contribution in [2.24, 2.45) is 5.84 Å². The van der Waals surface area contributed by atoms with Crippen molar-refractivity contribution >= 4 is 23.5 Å². The average Bonchev–Trinajstić information content (AvgIpc) is 2.72. The maximum absolute atomic E-state index is 11.9. The quantitative estimate of drug-likeness (QED) is 0.363. The summed E-state index contributed by atoms with van der Waals surface area (Å²) in [6.45, 7) is 2.63. The summed E-state index contributed by atoms with van der Waals surface area (Å²) in [4.78, 5) is 32.8. The maximum atomic E-state index is 11.9. The van der Waals surface area contributed by atoms with E-state index in [1.165, 1.54) is 7.05 Å². The summed E-state index contributed by atoms with van der Waals surface area (Å²) in [5.74, 6) is 6.09. The molecular weight excluding hydrogens is 276 g/mol. The van der Waals surface area contributed by atoms with Crippen molar-refractivity contribution in [3.63, 3.8) is 0 Å². The molecule has 1 aromatic rings. The third kappa shape index (κ3) is 3.44. The molecule has 0 radical (unpaired) electrons. The number of hydrogen-bond donors (Lipinski definition) is 3. The Hall–Kier alpha value is -2.26. The zero-order valence-corrected chi connectivity index (χ0v) is 11.9. The van der Waals surface area contributed by atoms with Gasteiger partial charge in [-0.2, -0.15) is 0 Å². The molecular formula is C12H18N6O3. The summed E-state index contributed by atoms with van der Waals surface area (Å²) in [6.07, 6.45) is 0.103. The molecule has 0 bridgehead atoms. The SMILES string of the molecule is CCOCc1nc(NN)cc(NC2CC(=O)N(C)C2=O)n1. The summed E-state index contributed by atoms with van der Waals surface area (Å²) < 4.78 is 5.25. The lowest BCUT2D eigenvalue weighted by Gasteiger charge is -2.13. The van der Waals surface area contributed by atoms with E-state index in [1.54, 1.807) is 6.07 Å². The van der Waals surface area contributed by atoms with Gasteiger partial charge in [-0.05, 0) is 6.92 Å². The highest BCUT2D eigenvalue weighted by Gasteiger charge is 2.36. The van der Waals surface area contributed by atoms with Gasteiger partial charge in [0.15, 0.2) is 5.82 Å². The van der Waals surface area contributed by atoms with Crippen molar-refractivity contribution in [3.8, 4) is 0 Å². The van der Waals surface area contributed by atoms with Crippen LogP contribution >= 0.6 is 0 Å². The monoisotopic (exact) mass is 294 g/mol. The highest BCUT2D eigenvalue weighted by atomic mass is 16.5. The number of rotatable bonds is 6. The number of nitrogens with two attached hydrogens (primary N) is 1. The Morgan fingerprint density at radius 3 is 2.71 bits per heavy atom. The minimum atomic E-state index is -0.622. The number of likely N-dealkylation sites (tertiary alicyclic amines) is 1. The van der Waals surface area contributed by atoms with Crippen LogP contribution in [-0.4, -0.2) is 46.4 Å². The molecule has 4 N–H and O–H groups in total. The maximum Gasteiger partial charge on any atom is 0.251 e. The summed E-state index contributed by atoms with van der Waals surface area (Å²) in [5.41, 5.74) is 2.43. The number of nitrogen functional groups attached to an aromatic ring is 1. The van der Waals surface area contributed by atoms with Gasteiger partial charge in [-0.3, -0.25) is 14.5 Å². The zero-order chi connectivity index (χ0) is 15.4. The first kappa shape index (κ1) is 15.1. The van der Waals surface area contributed by atoms with Gasteiger partial charge in [-0.25, -0.2) is 15.8 Å². The largest absolute Gasteiger partial charge is 0.374 e. The van der Waals surface area contributed by atoms with Crippen molar-refractivity contribution in [3.05, 3.63) is 11.9 Å². The number of nitrogens with one attached hydrogen (secondary N) is 2. The summed E-state index contributed by atoms with van der Waals surface area (Å²) >= 11 is 0. The van der Waals surface area contributed by atoms with Gasteiger partial charge in [0.05, 0.1) is 6.42 Å². The van der Waals surface area contributed by atoms with E-state index in [1.807, 2.05) is 6.92 Å². The normalized spacial score (nSPS) is 18.2. The number of aromatic nitrogens is 2. The van der Waals surface area contributed by atoms with Crippen LogP contribution in [0.1, 0.15) is 19.2 Å². The van der Waals surface area contributed by atoms with E-state index in [2.05, 4.69) is 20.7 Å². The predicted molar refractivity (Wildman–Crippen MR) is 75.0 cm³/mol. The number of carbonyl (C=O) groups excluding carboxylic acids is 2. The summed E-state index contributed by atoms with van der Waals surface area (Å²) in [6, 6.07) is 0.939. The van der Waals surface area contributed by atoms with E-state index >= 15 is 0 Å². The van der Waals surface area contributed by atoms with E-state index in [4.69, 9.17) is 10.6 Å². The lowest BCUT2D eigenvalue weighted by atomic mass is 10.2. The van der Waals surface area contributed by atoms with Crippen molar-refractivity contribution in [2.45, 2.75) is 26.0 Å². The second kappa shape index (κ2) is 6.46. The van der Waals surface area contributed by atoms with Crippen LogP contribution < -0.4 is 16.6 Å². The third-order valence-electron chi connectivity index (χ3n) is 3.06. The predicted octanol–water partition coefficient (Wildman–Crippen LogP) is -0.532. The highest BCUT2D eigenvalue weighted by Crippen LogP contribution is 2.18. The summed E-state index contributed by atoms with van der Waals surface area (Å²) in [7, 11) is 1.46. The molecule has 1 saturated heterocycles. The first-order chi connectivity index (χ1) is 10.0. The van der Waals surface area contributed by atoms with Crippen molar-refractivity contribution < 1.29 is 14.3 Å². The van der Waals surface area contributed by atoms with Gasteiger partial charge in [-0.1, -0.05) is 0 Å². The Labute approximate surface area is 121 Å². The molecule has 9 heteroatoms. The van der Waals surface area contributed by atoms with E-state index in [0.29, 0.717) is 24.1 Å². The Morgan fingerprint density at radius 2 is 2.14 bits per heavy atom. The summed E-state index contributed by atoms with van der Waals surface area (Å²) in [5, 5.41) is 2.93. The molecule has 0 saturated carbocycles. The molecule has 2 amide bonds. The Kier molecular flexibility index (Phi) is 4.66. The zero-order valence-electron chi connectivity index (χ0n) is 11.9. The molecule has 9 nitrogen and oxygen atoms in total. The molecule has 1 atom stereocenters. The molecule has 0 aromatic carbocycles. The molecule has 0 spiro atoms. The Balaban J connectivity index is 2.15. The standard InChI is InChI=1S/C12H18N6O3/c1-3-21-6-10-15-8(5-9(16-10)17-13)14-7-4-11(19)18(2)12(7)20/h5,7H,3-4,6,13H2,1-2H3,(H2,14,15,16,17). The van der Waals surface area contributed by atoms with Gasteiger partial charge in [-0.15, -0.1) is 0 Å². The van der Waals surface area contributed by atoms with Crippen LogP contribution in [0.15, 0.2) is 6.07 Å². The Morgan fingerprint density at radius 1 is 1.43 bits per heavy atom. The smallest absolute Gasteiger partial charge is 0.251 e. The van der Waals surface area contributed by atoms with E-state index in [-0.39, 0.29) is 24.8 Å². The van der Waals surface area contributed by atoms with Gasteiger partial charge in [0.2, 0.25) is 5.91 Å². The topological polar surface area (TPSA) is 122 Å². The molecule has 0 aliphatic carbocycles. The number of amides is 2. The minimum Gasteiger partial charge on any atom is -0.374 e. The van der Waals surface area contributed by atoms with Gasteiger partial charge < -0.3 is 15.5 Å². The van der Waals surface area contributed by atoms with E-state index < -0.39 is 6.04 Å². The minimum absolute atomic E-state index is 0.103. The van der Waals surface area contributed by atoms with Crippen LogP contribution in [0, 0.1) is 0 Å². The van der Waals surface area contributed by atoms with Crippen LogP contribution in [0.5, 0.6) is 0 Å².